The quantitative estimate of drug-likeness (QED) is 0.546. The highest BCUT2D eigenvalue weighted by Crippen LogP contribution is 2.28. The molecule has 0 unspecified atom stereocenters. The summed E-state index contributed by atoms with van der Waals surface area (Å²) in [6.45, 7) is 3.56. The predicted octanol–water partition coefficient (Wildman–Crippen LogP) is 2.05. The Hall–Kier alpha value is -3.66. The van der Waals surface area contributed by atoms with Crippen LogP contribution in [0.3, 0.4) is 0 Å². The van der Waals surface area contributed by atoms with Gasteiger partial charge in [0.1, 0.15) is 5.82 Å². The SMILES string of the molecule is COc1ccc(CCN(C)c2cc(-c3cnc(N)nc3)nc(N3CCOCC3)n2)cc1OC. The maximum Gasteiger partial charge on any atom is 0.228 e. The van der Waals surface area contributed by atoms with Crippen molar-refractivity contribution < 1.29 is 14.2 Å². The zero-order valence-electron chi connectivity index (χ0n) is 19.2. The Labute approximate surface area is 193 Å². The number of anilines is 3. The highest BCUT2D eigenvalue weighted by Gasteiger charge is 2.18. The zero-order valence-corrected chi connectivity index (χ0v) is 19.2. The van der Waals surface area contributed by atoms with Crippen LogP contribution in [0.2, 0.25) is 0 Å². The fourth-order valence-corrected chi connectivity index (χ4v) is 3.59. The fourth-order valence-electron chi connectivity index (χ4n) is 3.59. The van der Waals surface area contributed by atoms with Crippen LogP contribution in [0.25, 0.3) is 11.3 Å². The molecule has 3 aromatic rings. The highest BCUT2D eigenvalue weighted by atomic mass is 16.5. The molecule has 10 heteroatoms. The summed E-state index contributed by atoms with van der Waals surface area (Å²) in [6.07, 6.45) is 4.18. The highest BCUT2D eigenvalue weighted by molar-refractivity contribution is 5.64. The number of methoxy groups -OCH3 is 2. The van der Waals surface area contributed by atoms with Crippen LogP contribution < -0.4 is 25.0 Å². The number of ether oxygens (including phenoxy) is 3. The minimum atomic E-state index is 0.230. The molecule has 2 aromatic heterocycles. The third-order valence-electron chi connectivity index (χ3n) is 5.54. The molecule has 1 fully saturated rings. The minimum Gasteiger partial charge on any atom is -0.493 e. The molecule has 1 aliphatic heterocycles. The van der Waals surface area contributed by atoms with Crippen LogP contribution in [0.1, 0.15) is 5.56 Å². The van der Waals surface area contributed by atoms with E-state index in [1.54, 1.807) is 26.6 Å². The van der Waals surface area contributed by atoms with Gasteiger partial charge in [0.15, 0.2) is 11.5 Å². The lowest BCUT2D eigenvalue weighted by molar-refractivity contribution is 0.122. The molecule has 0 saturated carbocycles. The lowest BCUT2D eigenvalue weighted by Gasteiger charge is -2.28. The summed E-state index contributed by atoms with van der Waals surface area (Å²) < 4.78 is 16.3. The summed E-state index contributed by atoms with van der Waals surface area (Å²) in [5.74, 6) is 3.16. The van der Waals surface area contributed by atoms with Crippen LogP contribution in [0.5, 0.6) is 11.5 Å². The van der Waals surface area contributed by atoms with E-state index in [-0.39, 0.29) is 5.95 Å². The molecular weight excluding hydrogens is 422 g/mol. The van der Waals surface area contributed by atoms with Gasteiger partial charge in [-0.3, -0.25) is 0 Å². The number of hydrogen-bond donors (Lipinski definition) is 1. The van der Waals surface area contributed by atoms with Crippen molar-refractivity contribution in [3.05, 3.63) is 42.2 Å². The lowest BCUT2D eigenvalue weighted by atomic mass is 10.1. The van der Waals surface area contributed by atoms with Gasteiger partial charge in [0.25, 0.3) is 0 Å². The van der Waals surface area contributed by atoms with Gasteiger partial charge < -0.3 is 29.7 Å². The Morgan fingerprint density at radius 1 is 1.03 bits per heavy atom. The molecule has 0 amide bonds. The van der Waals surface area contributed by atoms with Crippen LogP contribution >= 0.6 is 0 Å². The number of likely N-dealkylation sites (N-methyl/N-ethyl adjacent to an activating group) is 1. The Kier molecular flexibility index (Phi) is 7.04. The molecule has 2 N–H and O–H groups in total. The number of morpholine rings is 1. The van der Waals surface area contributed by atoms with Gasteiger partial charge in [-0.25, -0.2) is 15.0 Å². The van der Waals surface area contributed by atoms with Gasteiger partial charge in [0.05, 0.1) is 33.1 Å². The van der Waals surface area contributed by atoms with Crippen molar-refractivity contribution in [3.8, 4) is 22.8 Å². The summed E-state index contributed by atoms with van der Waals surface area (Å²) in [7, 11) is 5.30. The Morgan fingerprint density at radius 3 is 2.45 bits per heavy atom. The molecular formula is C23H29N7O3. The fraction of sp³-hybridized carbons (Fsp3) is 0.391. The van der Waals surface area contributed by atoms with Gasteiger partial charge in [-0.15, -0.1) is 0 Å². The number of hydrogen-bond acceptors (Lipinski definition) is 10. The molecule has 10 nitrogen and oxygen atoms in total. The zero-order chi connectivity index (χ0) is 23.2. The predicted molar refractivity (Wildman–Crippen MR) is 127 cm³/mol. The van der Waals surface area contributed by atoms with Crippen LogP contribution in [-0.4, -0.2) is 74.1 Å². The van der Waals surface area contributed by atoms with Crippen molar-refractivity contribution in [1.29, 1.82) is 0 Å². The van der Waals surface area contributed by atoms with Gasteiger partial charge in [0.2, 0.25) is 11.9 Å². The molecule has 174 valence electrons. The Balaban J connectivity index is 1.58. The molecule has 33 heavy (non-hydrogen) atoms. The minimum absolute atomic E-state index is 0.230. The van der Waals surface area contributed by atoms with Gasteiger partial charge in [-0.2, -0.15) is 4.98 Å². The molecule has 4 rings (SSSR count). The molecule has 0 aliphatic carbocycles. The second kappa shape index (κ2) is 10.3. The summed E-state index contributed by atoms with van der Waals surface area (Å²) in [4.78, 5) is 22.1. The molecule has 0 bridgehead atoms. The first kappa shape index (κ1) is 22.5. The number of nitrogens with two attached hydrogens (primary N) is 1. The van der Waals surface area contributed by atoms with Gasteiger partial charge >= 0.3 is 0 Å². The number of nitrogen functional groups attached to an aromatic ring is 1. The molecule has 1 aromatic carbocycles. The van der Waals surface area contributed by atoms with Crippen LogP contribution in [-0.2, 0) is 11.2 Å². The van der Waals surface area contributed by atoms with Crippen molar-refractivity contribution in [2.45, 2.75) is 6.42 Å². The van der Waals surface area contributed by atoms with Crippen molar-refractivity contribution in [1.82, 2.24) is 19.9 Å². The first-order valence-electron chi connectivity index (χ1n) is 10.8. The molecule has 0 radical (unpaired) electrons. The van der Waals surface area contributed by atoms with Gasteiger partial charge in [-0.1, -0.05) is 6.07 Å². The van der Waals surface area contributed by atoms with E-state index in [0.717, 1.165) is 60.2 Å². The maximum absolute atomic E-state index is 5.66. The van der Waals surface area contributed by atoms with Crippen molar-refractivity contribution in [3.63, 3.8) is 0 Å². The van der Waals surface area contributed by atoms with E-state index < -0.39 is 0 Å². The topological polar surface area (TPSA) is 112 Å². The van der Waals surface area contributed by atoms with Crippen LogP contribution in [0, 0.1) is 0 Å². The van der Waals surface area contributed by atoms with E-state index in [0.29, 0.717) is 19.2 Å². The molecule has 0 atom stereocenters. The van der Waals surface area contributed by atoms with Crippen molar-refractivity contribution in [2.75, 3.05) is 69.6 Å². The standard InChI is InChI=1S/C23H29N7O3/c1-29(7-6-16-4-5-19(31-2)20(12-16)32-3)21-13-18(17-14-25-22(24)26-15-17)27-23(28-21)30-8-10-33-11-9-30/h4-5,12-15H,6-11H2,1-3H3,(H2,24,25,26). The molecule has 0 spiro atoms. The third kappa shape index (κ3) is 5.40. The average Bonchev–Trinajstić information content (AvgIpc) is 2.87. The van der Waals surface area contributed by atoms with E-state index in [4.69, 9.17) is 29.9 Å². The molecule has 3 heterocycles. The number of benzene rings is 1. The number of rotatable bonds is 8. The molecule has 1 saturated heterocycles. The van der Waals surface area contributed by atoms with E-state index in [9.17, 15) is 0 Å². The number of aromatic nitrogens is 4. The average molecular weight is 452 g/mol. The largest absolute Gasteiger partial charge is 0.493 e. The van der Waals surface area contributed by atoms with E-state index in [1.807, 2.05) is 31.3 Å². The summed E-state index contributed by atoms with van der Waals surface area (Å²) in [5.41, 5.74) is 8.35. The Morgan fingerprint density at radius 2 is 1.76 bits per heavy atom. The second-order valence-electron chi connectivity index (χ2n) is 7.70. The van der Waals surface area contributed by atoms with Crippen LogP contribution in [0.15, 0.2) is 36.7 Å². The third-order valence-corrected chi connectivity index (χ3v) is 5.54. The Bertz CT molecular complexity index is 1070. The lowest BCUT2D eigenvalue weighted by Crippen LogP contribution is -2.37. The summed E-state index contributed by atoms with van der Waals surface area (Å²) in [5, 5.41) is 0. The summed E-state index contributed by atoms with van der Waals surface area (Å²) >= 11 is 0. The second-order valence-corrected chi connectivity index (χ2v) is 7.70. The summed E-state index contributed by atoms with van der Waals surface area (Å²) in [6, 6.07) is 7.93. The normalized spacial score (nSPS) is 13.6. The monoisotopic (exact) mass is 451 g/mol. The van der Waals surface area contributed by atoms with Crippen molar-refractivity contribution >= 4 is 17.7 Å². The molecule has 1 aliphatic rings. The van der Waals surface area contributed by atoms with Gasteiger partial charge in [0, 0.05) is 50.7 Å². The van der Waals surface area contributed by atoms with Gasteiger partial charge in [-0.05, 0) is 24.1 Å². The maximum atomic E-state index is 5.66. The van der Waals surface area contributed by atoms with Crippen molar-refractivity contribution in [2.24, 2.45) is 0 Å². The van der Waals surface area contributed by atoms with E-state index >= 15 is 0 Å². The smallest absolute Gasteiger partial charge is 0.228 e. The first-order valence-corrected chi connectivity index (χ1v) is 10.8. The van der Waals surface area contributed by atoms with E-state index in [1.165, 1.54) is 0 Å². The van der Waals surface area contributed by atoms with Crippen LogP contribution in [0.4, 0.5) is 17.7 Å². The first-order chi connectivity index (χ1) is 16.1. The van der Waals surface area contributed by atoms with E-state index in [2.05, 4.69) is 19.8 Å². The number of nitrogens with zero attached hydrogens (tertiary/aromatic N) is 6.